The first kappa shape index (κ1) is 15.4. The van der Waals surface area contributed by atoms with Gasteiger partial charge in [0.2, 0.25) is 6.79 Å². The second-order valence-electron chi connectivity index (χ2n) is 6.15. The van der Waals surface area contributed by atoms with E-state index >= 15 is 0 Å². The number of nitrogens with one attached hydrogen (secondary N) is 1. The van der Waals surface area contributed by atoms with Gasteiger partial charge in [0.1, 0.15) is 0 Å². The summed E-state index contributed by atoms with van der Waals surface area (Å²) in [7, 11) is 0. The summed E-state index contributed by atoms with van der Waals surface area (Å²) in [6.45, 7) is 6.44. The normalized spacial score (nSPS) is 14.1. The zero-order valence-electron chi connectivity index (χ0n) is 13.5. The van der Waals surface area contributed by atoms with Gasteiger partial charge in [-0.2, -0.15) is 0 Å². The number of amides is 1. The summed E-state index contributed by atoms with van der Waals surface area (Å²) in [4.78, 5) is 12.2. The lowest BCUT2D eigenvalue weighted by Gasteiger charge is -2.14. The Morgan fingerprint density at radius 1 is 1.22 bits per heavy atom. The van der Waals surface area contributed by atoms with Crippen LogP contribution in [0.3, 0.4) is 0 Å². The fraction of sp³-hybridized carbons (Fsp3) is 0.412. The summed E-state index contributed by atoms with van der Waals surface area (Å²) in [5.74, 6) is 2.18. The number of hydrogen-bond donors (Lipinski definition) is 1. The topological polar surface area (TPSA) is 73.6 Å². The van der Waals surface area contributed by atoms with Crippen LogP contribution in [0.4, 0.5) is 0 Å². The van der Waals surface area contributed by atoms with Crippen LogP contribution in [0.1, 0.15) is 37.7 Å². The molecule has 1 unspecified atom stereocenters. The molecule has 1 aliphatic rings. The van der Waals surface area contributed by atoms with Gasteiger partial charge in [-0.05, 0) is 37.5 Å². The van der Waals surface area contributed by atoms with Crippen LogP contribution in [0.2, 0.25) is 0 Å². The van der Waals surface area contributed by atoms with Crippen molar-refractivity contribution in [1.29, 1.82) is 0 Å². The molecule has 0 aliphatic carbocycles. The molecule has 23 heavy (non-hydrogen) atoms. The van der Waals surface area contributed by atoms with Crippen molar-refractivity contribution in [3.63, 3.8) is 0 Å². The molecule has 0 fully saturated rings. The molecule has 1 amide bonds. The standard InChI is InChI=1S/C17H20N2O4/c1-10(2)6-11(3)18-17(20)13-8-15(23-19-13)12-4-5-14-16(7-12)22-9-21-14/h4-5,7-8,10-11H,6,9H2,1-3H3,(H,18,20). The predicted octanol–water partition coefficient (Wildman–Crippen LogP) is 3.23. The van der Waals surface area contributed by atoms with E-state index in [-0.39, 0.29) is 24.4 Å². The highest BCUT2D eigenvalue weighted by Crippen LogP contribution is 2.35. The van der Waals surface area contributed by atoms with Crippen LogP contribution in [0.5, 0.6) is 11.5 Å². The third kappa shape index (κ3) is 3.47. The first-order valence-corrected chi connectivity index (χ1v) is 7.70. The molecule has 1 N–H and O–H groups in total. The Labute approximate surface area is 134 Å². The molecule has 0 bridgehead atoms. The number of aromatic nitrogens is 1. The lowest BCUT2D eigenvalue weighted by molar-refractivity contribution is 0.0927. The van der Waals surface area contributed by atoms with Crippen LogP contribution >= 0.6 is 0 Å². The van der Waals surface area contributed by atoms with E-state index in [1.807, 2.05) is 25.1 Å². The van der Waals surface area contributed by atoms with Gasteiger partial charge in [0.05, 0.1) is 0 Å². The molecule has 0 spiro atoms. The summed E-state index contributed by atoms with van der Waals surface area (Å²) in [5.41, 5.74) is 1.06. The average molecular weight is 316 g/mol. The van der Waals surface area contributed by atoms with Crippen LogP contribution in [-0.4, -0.2) is 23.9 Å². The van der Waals surface area contributed by atoms with Crippen molar-refractivity contribution in [2.24, 2.45) is 5.92 Å². The van der Waals surface area contributed by atoms with Gasteiger partial charge in [-0.1, -0.05) is 19.0 Å². The summed E-state index contributed by atoms with van der Waals surface area (Å²) in [5, 5.41) is 6.79. The smallest absolute Gasteiger partial charge is 0.273 e. The maximum absolute atomic E-state index is 12.2. The molecule has 1 aromatic heterocycles. The highest BCUT2D eigenvalue weighted by atomic mass is 16.7. The average Bonchev–Trinajstić information content (AvgIpc) is 3.14. The van der Waals surface area contributed by atoms with Gasteiger partial charge < -0.3 is 19.3 Å². The number of hydrogen-bond acceptors (Lipinski definition) is 5. The molecule has 3 rings (SSSR count). The highest BCUT2D eigenvalue weighted by Gasteiger charge is 2.19. The molecule has 6 nitrogen and oxygen atoms in total. The van der Waals surface area contributed by atoms with Crippen molar-refractivity contribution in [3.05, 3.63) is 30.0 Å². The van der Waals surface area contributed by atoms with Crippen molar-refractivity contribution < 1.29 is 18.8 Å². The van der Waals surface area contributed by atoms with Crippen LogP contribution in [0.15, 0.2) is 28.8 Å². The minimum absolute atomic E-state index is 0.0909. The lowest BCUT2D eigenvalue weighted by atomic mass is 10.1. The largest absolute Gasteiger partial charge is 0.454 e. The Morgan fingerprint density at radius 3 is 2.78 bits per heavy atom. The van der Waals surface area contributed by atoms with Crippen molar-refractivity contribution in [3.8, 4) is 22.8 Å². The lowest BCUT2D eigenvalue weighted by Crippen LogP contribution is -2.33. The van der Waals surface area contributed by atoms with Crippen LogP contribution in [0, 0.1) is 5.92 Å². The zero-order chi connectivity index (χ0) is 16.4. The Morgan fingerprint density at radius 2 is 2.00 bits per heavy atom. The minimum Gasteiger partial charge on any atom is -0.454 e. The third-order valence-corrected chi connectivity index (χ3v) is 3.60. The Hall–Kier alpha value is -2.50. The van der Waals surface area contributed by atoms with E-state index in [1.54, 1.807) is 6.07 Å². The summed E-state index contributed by atoms with van der Waals surface area (Å²) in [6, 6.07) is 7.19. The molecule has 0 saturated carbocycles. The summed E-state index contributed by atoms with van der Waals surface area (Å²) >= 11 is 0. The number of ether oxygens (including phenoxy) is 2. The maximum atomic E-state index is 12.2. The predicted molar refractivity (Wildman–Crippen MR) is 84.4 cm³/mol. The summed E-state index contributed by atoms with van der Waals surface area (Å²) < 4.78 is 15.9. The van der Waals surface area contributed by atoms with Gasteiger partial charge in [-0.25, -0.2) is 0 Å². The van der Waals surface area contributed by atoms with Gasteiger partial charge in [-0.3, -0.25) is 4.79 Å². The molecular formula is C17H20N2O4. The van der Waals surface area contributed by atoms with Crippen molar-refractivity contribution in [2.45, 2.75) is 33.2 Å². The highest BCUT2D eigenvalue weighted by molar-refractivity contribution is 5.93. The molecule has 2 heterocycles. The number of fused-ring (bicyclic) bond motifs is 1. The quantitative estimate of drug-likeness (QED) is 0.916. The molecule has 122 valence electrons. The van der Waals surface area contributed by atoms with E-state index < -0.39 is 0 Å². The molecule has 0 saturated heterocycles. The van der Waals surface area contributed by atoms with Gasteiger partial charge in [0, 0.05) is 17.7 Å². The van der Waals surface area contributed by atoms with E-state index in [0.717, 1.165) is 12.0 Å². The molecule has 6 heteroatoms. The van der Waals surface area contributed by atoms with Crippen molar-refractivity contribution in [1.82, 2.24) is 10.5 Å². The molecule has 2 aromatic rings. The van der Waals surface area contributed by atoms with E-state index in [9.17, 15) is 4.79 Å². The zero-order valence-corrected chi connectivity index (χ0v) is 13.5. The SMILES string of the molecule is CC(C)CC(C)NC(=O)c1cc(-c2ccc3c(c2)OCO3)on1. The van der Waals surface area contributed by atoms with Gasteiger partial charge in [0.15, 0.2) is 23.0 Å². The number of carbonyl (C=O) groups excluding carboxylic acids is 1. The van der Waals surface area contributed by atoms with Gasteiger partial charge >= 0.3 is 0 Å². The van der Waals surface area contributed by atoms with Crippen LogP contribution in [-0.2, 0) is 0 Å². The first-order valence-electron chi connectivity index (χ1n) is 7.70. The number of rotatable bonds is 5. The number of nitrogens with zero attached hydrogens (tertiary/aromatic N) is 1. The van der Waals surface area contributed by atoms with Crippen molar-refractivity contribution in [2.75, 3.05) is 6.79 Å². The first-order chi connectivity index (χ1) is 11.0. The van der Waals surface area contributed by atoms with E-state index in [2.05, 4.69) is 24.3 Å². The molecule has 0 radical (unpaired) electrons. The van der Waals surface area contributed by atoms with E-state index in [0.29, 0.717) is 23.2 Å². The van der Waals surface area contributed by atoms with Crippen LogP contribution < -0.4 is 14.8 Å². The second kappa shape index (κ2) is 6.32. The number of carbonyl (C=O) groups is 1. The van der Waals surface area contributed by atoms with Gasteiger partial charge in [-0.15, -0.1) is 0 Å². The van der Waals surface area contributed by atoms with Gasteiger partial charge in [0.25, 0.3) is 5.91 Å². The Balaban J connectivity index is 1.71. The maximum Gasteiger partial charge on any atom is 0.273 e. The minimum atomic E-state index is -0.228. The molecule has 1 aliphatic heterocycles. The fourth-order valence-corrected chi connectivity index (χ4v) is 2.63. The van der Waals surface area contributed by atoms with E-state index in [1.165, 1.54) is 0 Å². The monoisotopic (exact) mass is 316 g/mol. The Kier molecular flexibility index (Phi) is 4.23. The second-order valence-corrected chi connectivity index (χ2v) is 6.15. The molecule has 1 atom stereocenters. The molecular weight excluding hydrogens is 296 g/mol. The fourth-order valence-electron chi connectivity index (χ4n) is 2.63. The van der Waals surface area contributed by atoms with Crippen LogP contribution in [0.25, 0.3) is 11.3 Å². The Bertz CT molecular complexity index is 708. The van der Waals surface area contributed by atoms with Crippen molar-refractivity contribution >= 4 is 5.91 Å². The molecule has 1 aromatic carbocycles. The number of benzene rings is 1. The third-order valence-electron chi connectivity index (χ3n) is 3.60. The van der Waals surface area contributed by atoms with E-state index in [4.69, 9.17) is 14.0 Å². The summed E-state index contributed by atoms with van der Waals surface area (Å²) in [6.07, 6.45) is 0.915.